The predicted octanol–water partition coefficient (Wildman–Crippen LogP) is 2.68. The molecular weight excluding hydrogens is 144 g/mol. The van der Waals surface area contributed by atoms with E-state index in [4.69, 9.17) is 12.8 Å². The average molecular weight is 156 g/mol. The Hall–Kier alpha value is -1.40. The Morgan fingerprint density at radius 2 is 1.33 bits per heavy atom. The van der Waals surface area contributed by atoms with E-state index < -0.39 is 0 Å². The first-order valence-corrected chi connectivity index (χ1v) is 4.18. The van der Waals surface area contributed by atoms with Gasteiger partial charge in [-0.25, -0.2) is 0 Å². The molecule has 0 aliphatic heterocycles. The third kappa shape index (κ3) is 2.33. The first-order chi connectivity index (χ1) is 5.86. The van der Waals surface area contributed by atoms with E-state index in [0.717, 1.165) is 36.8 Å². The monoisotopic (exact) mass is 156 g/mol. The fraction of sp³-hybridized carbons (Fsp3) is 0.333. The van der Waals surface area contributed by atoms with E-state index in [2.05, 4.69) is 24.0 Å². The second kappa shape index (κ2) is 4.47. The predicted molar refractivity (Wildman–Crippen MR) is 52.3 cm³/mol. The highest BCUT2D eigenvalue weighted by atomic mass is 14.0. The van der Waals surface area contributed by atoms with Gasteiger partial charge in [-0.05, 0) is 36.8 Å². The SMILES string of the molecule is C#C/C1=C/CC/C(C#C)=C\CC1. The van der Waals surface area contributed by atoms with Gasteiger partial charge in [0.25, 0.3) is 0 Å². The summed E-state index contributed by atoms with van der Waals surface area (Å²) < 4.78 is 0. The van der Waals surface area contributed by atoms with Crippen molar-refractivity contribution < 1.29 is 0 Å². The molecular formula is C12H12. The first kappa shape index (κ1) is 8.69. The Labute approximate surface area is 74.4 Å². The maximum atomic E-state index is 5.31. The van der Waals surface area contributed by atoms with Gasteiger partial charge in [0, 0.05) is 0 Å². The van der Waals surface area contributed by atoms with E-state index in [1.165, 1.54) is 0 Å². The third-order valence-corrected chi connectivity index (χ3v) is 1.98. The van der Waals surface area contributed by atoms with Gasteiger partial charge in [-0.2, -0.15) is 0 Å². The van der Waals surface area contributed by atoms with Gasteiger partial charge in [-0.1, -0.05) is 24.0 Å². The highest BCUT2D eigenvalue weighted by molar-refractivity contribution is 5.31. The number of hydrogen-bond donors (Lipinski definition) is 0. The van der Waals surface area contributed by atoms with Crippen molar-refractivity contribution in [2.75, 3.05) is 0 Å². The standard InChI is InChI=1S/C12H12/c1-3-11-7-5-9-12(4-2)10-6-8-11/h1-2,7,10H,5-6,8-9H2/b11-7-,12-10-. The molecule has 0 spiro atoms. The molecule has 0 aromatic rings. The van der Waals surface area contributed by atoms with E-state index in [0.29, 0.717) is 0 Å². The minimum absolute atomic E-state index is 0.960. The lowest BCUT2D eigenvalue weighted by molar-refractivity contribution is 0.917. The van der Waals surface area contributed by atoms with Gasteiger partial charge in [0.1, 0.15) is 0 Å². The normalized spacial score (nSPS) is 26.2. The first-order valence-electron chi connectivity index (χ1n) is 4.18. The van der Waals surface area contributed by atoms with Crippen LogP contribution in [0.3, 0.4) is 0 Å². The van der Waals surface area contributed by atoms with Crippen molar-refractivity contribution in [3.8, 4) is 24.7 Å². The second-order valence-electron chi connectivity index (χ2n) is 2.82. The molecule has 0 heterocycles. The van der Waals surface area contributed by atoms with Crippen LogP contribution in [0, 0.1) is 24.7 Å². The van der Waals surface area contributed by atoms with Gasteiger partial charge < -0.3 is 0 Å². The van der Waals surface area contributed by atoms with Crippen molar-refractivity contribution in [2.45, 2.75) is 25.7 Å². The van der Waals surface area contributed by atoms with Crippen molar-refractivity contribution >= 4 is 0 Å². The van der Waals surface area contributed by atoms with Gasteiger partial charge in [-0.3, -0.25) is 0 Å². The lowest BCUT2D eigenvalue weighted by Gasteiger charge is -2.04. The third-order valence-electron chi connectivity index (χ3n) is 1.98. The molecule has 0 unspecified atom stereocenters. The summed E-state index contributed by atoms with van der Waals surface area (Å²) in [6.07, 6.45) is 18.7. The molecule has 60 valence electrons. The molecule has 0 bridgehead atoms. The Balaban J connectivity index is 2.62. The molecule has 1 rings (SSSR count). The lowest BCUT2D eigenvalue weighted by atomic mass is 10.0. The highest BCUT2D eigenvalue weighted by Gasteiger charge is 1.98. The molecule has 1 aliphatic rings. The van der Waals surface area contributed by atoms with Crippen molar-refractivity contribution in [1.82, 2.24) is 0 Å². The van der Waals surface area contributed by atoms with Crippen LogP contribution in [0.4, 0.5) is 0 Å². The van der Waals surface area contributed by atoms with Crippen molar-refractivity contribution in [2.24, 2.45) is 0 Å². The number of terminal acetylenes is 2. The topological polar surface area (TPSA) is 0 Å². The minimum atomic E-state index is 0.960. The molecule has 0 saturated carbocycles. The summed E-state index contributed by atoms with van der Waals surface area (Å²) in [5.74, 6) is 5.37. The van der Waals surface area contributed by atoms with E-state index in [9.17, 15) is 0 Å². The summed E-state index contributed by atoms with van der Waals surface area (Å²) in [4.78, 5) is 0. The molecule has 0 fully saturated rings. The van der Waals surface area contributed by atoms with Crippen LogP contribution in [0.15, 0.2) is 23.3 Å². The maximum absolute atomic E-state index is 5.31. The van der Waals surface area contributed by atoms with Gasteiger partial charge in [0.05, 0.1) is 0 Å². The Morgan fingerprint density at radius 3 is 1.67 bits per heavy atom. The van der Waals surface area contributed by atoms with Crippen LogP contribution in [0.2, 0.25) is 0 Å². The van der Waals surface area contributed by atoms with Crippen LogP contribution >= 0.6 is 0 Å². The van der Waals surface area contributed by atoms with Crippen LogP contribution in [-0.4, -0.2) is 0 Å². The lowest BCUT2D eigenvalue weighted by Crippen LogP contribution is -1.87. The molecule has 1 aliphatic carbocycles. The molecule has 0 atom stereocenters. The van der Waals surface area contributed by atoms with Gasteiger partial charge in [-0.15, -0.1) is 12.8 Å². The van der Waals surface area contributed by atoms with Crippen molar-refractivity contribution in [1.29, 1.82) is 0 Å². The van der Waals surface area contributed by atoms with Gasteiger partial charge in [0.15, 0.2) is 0 Å². The average Bonchev–Trinajstić information content (AvgIpc) is 2.05. The summed E-state index contributed by atoms with van der Waals surface area (Å²) in [7, 11) is 0. The van der Waals surface area contributed by atoms with E-state index in [1.807, 2.05) is 0 Å². The van der Waals surface area contributed by atoms with Crippen LogP contribution < -0.4 is 0 Å². The van der Waals surface area contributed by atoms with Crippen molar-refractivity contribution in [3.05, 3.63) is 23.3 Å². The largest absolute Gasteiger partial charge is 0.115 e. The molecule has 0 amide bonds. The quantitative estimate of drug-likeness (QED) is 0.473. The number of rotatable bonds is 0. The molecule has 0 nitrogen and oxygen atoms in total. The summed E-state index contributed by atoms with van der Waals surface area (Å²) in [5, 5.41) is 0. The zero-order valence-electron chi connectivity index (χ0n) is 7.14. The van der Waals surface area contributed by atoms with Crippen LogP contribution in [-0.2, 0) is 0 Å². The van der Waals surface area contributed by atoms with Crippen molar-refractivity contribution in [3.63, 3.8) is 0 Å². The fourth-order valence-corrected chi connectivity index (χ4v) is 1.27. The van der Waals surface area contributed by atoms with Crippen LogP contribution in [0.25, 0.3) is 0 Å². The maximum Gasteiger partial charge on any atom is -0.00191 e. The molecule has 0 heteroatoms. The molecule has 0 aromatic carbocycles. The summed E-state index contributed by atoms with van der Waals surface area (Å²) in [6, 6.07) is 0. The molecule has 12 heavy (non-hydrogen) atoms. The smallest absolute Gasteiger partial charge is 0.00191 e. The Kier molecular flexibility index (Phi) is 3.24. The summed E-state index contributed by atoms with van der Waals surface area (Å²) >= 11 is 0. The van der Waals surface area contributed by atoms with E-state index in [1.54, 1.807) is 0 Å². The zero-order chi connectivity index (χ0) is 8.81. The molecule has 0 saturated heterocycles. The molecule has 0 aromatic heterocycles. The van der Waals surface area contributed by atoms with Crippen LogP contribution in [0.5, 0.6) is 0 Å². The van der Waals surface area contributed by atoms with E-state index in [-0.39, 0.29) is 0 Å². The van der Waals surface area contributed by atoms with Gasteiger partial charge in [0.2, 0.25) is 0 Å². The van der Waals surface area contributed by atoms with Crippen LogP contribution in [0.1, 0.15) is 25.7 Å². The molecule has 0 N–H and O–H groups in total. The second-order valence-corrected chi connectivity index (χ2v) is 2.82. The highest BCUT2D eigenvalue weighted by Crippen LogP contribution is 2.15. The summed E-state index contributed by atoms with van der Waals surface area (Å²) in [5.41, 5.74) is 2.23. The zero-order valence-corrected chi connectivity index (χ0v) is 7.14. The number of allylic oxidation sites excluding steroid dienone is 4. The van der Waals surface area contributed by atoms with E-state index >= 15 is 0 Å². The minimum Gasteiger partial charge on any atom is -0.115 e. The Morgan fingerprint density at radius 1 is 0.917 bits per heavy atom. The van der Waals surface area contributed by atoms with Gasteiger partial charge >= 0.3 is 0 Å². The Bertz CT molecular complexity index is 257. The molecule has 0 radical (unpaired) electrons. The summed E-state index contributed by atoms with van der Waals surface area (Å²) in [6.45, 7) is 0. The number of hydrogen-bond acceptors (Lipinski definition) is 0. The fourth-order valence-electron chi connectivity index (χ4n) is 1.27.